The lowest BCUT2D eigenvalue weighted by Gasteiger charge is -2.38. The normalized spacial score (nSPS) is 27.0. The quantitative estimate of drug-likeness (QED) is 0.648. The van der Waals surface area contributed by atoms with E-state index in [0.717, 1.165) is 57.2 Å². The number of rotatable bonds is 5. The minimum atomic E-state index is -0.0566. The number of ketones is 1. The summed E-state index contributed by atoms with van der Waals surface area (Å²) >= 11 is 0. The number of fused-ring (bicyclic) bond motifs is 2. The molecule has 0 aromatic heterocycles. The van der Waals surface area contributed by atoms with E-state index in [4.69, 9.17) is 0 Å². The van der Waals surface area contributed by atoms with Crippen LogP contribution in [-0.4, -0.2) is 40.5 Å². The minimum Gasteiger partial charge on any atom is -0.316 e. The van der Waals surface area contributed by atoms with Gasteiger partial charge in [-0.25, -0.2) is 0 Å². The molecule has 2 fully saturated rings. The van der Waals surface area contributed by atoms with E-state index in [1.807, 2.05) is 9.80 Å². The summed E-state index contributed by atoms with van der Waals surface area (Å²) in [4.78, 5) is 41.6. The molecule has 5 heteroatoms. The Morgan fingerprint density at radius 2 is 1.45 bits per heavy atom. The molecule has 0 saturated carbocycles. The van der Waals surface area contributed by atoms with Gasteiger partial charge in [0.1, 0.15) is 5.78 Å². The molecule has 0 spiro atoms. The van der Waals surface area contributed by atoms with E-state index in [1.165, 1.54) is 25.0 Å². The summed E-state index contributed by atoms with van der Waals surface area (Å²) in [5, 5.41) is 0. The van der Waals surface area contributed by atoms with E-state index in [1.54, 1.807) is 0 Å². The maximum atomic E-state index is 12.8. The maximum absolute atomic E-state index is 12.8. The molecular formula is C24H34N2O3. The van der Waals surface area contributed by atoms with Crippen LogP contribution >= 0.6 is 0 Å². The van der Waals surface area contributed by atoms with Crippen LogP contribution in [0.25, 0.3) is 0 Å². The zero-order valence-electron chi connectivity index (χ0n) is 17.5. The first kappa shape index (κ1) is 20.4. The van der Waals surface area contributed by atoms with Crippen molar-refractivity contribution in [3.8, 4) is 0 Å². The van der Waals surface area contributed by atoms with Crippen molar-refractivity contribution in [1.82, 2.24) is 9.80 Å². The number of nitrogens with zero attached hydrogens (tertiary/aromatic N) is 2. The second kappa shape index (κ2) is 9.27. The topological polar surface area (TPSA) is 57.7 Å². The summed E-state index contributed by atoms with van der Waals surface area (Å²) in [5.74, 6) is 1.17. The largest absolute Gasteiger partial charge is 0.316 e. The number of carbonyl (C=O) groups is 3. The Hall–Kier alpha value is -1.91. The van der Waals surface area contributed by atoms with Crippen LogP contribution < -0.4 is 0 Å². The minimum absolute atomic E-state index is 0.0566. The number of unbranched alkanes of at least 4 members (excludes halogenated alkanes) is 1. The summed E-state index contributed by atoms with van der Waals surface area (Å²) in [6.45, 7) is 1.39. The van der Waals surface area contributed by atoms with Gasteiger partial charge in [-0.15, -0.1) is 0 Å². The molecule has 0 aromatic carbocycles. The fourth-order valence-corrected chi connectivity index (χ4v) is 5.55. The lowest BCUT2D eigenvalue weighted by atomic mass is 9.83. The highest BCUT2D eigenvalue weighted by Gasteiger charge is 2.35. The second-order valence-electron chi connectivity index (χ2n) is 9.03. The molecule has 2 aliphatic heterocycles. The van der Waals surface area contributed by atoms with E-state index in [9.17, 15) is 14.4 Å². The molecule has 2 amide bonds. The van der Waals surface area contributed by atoms with Crippen LogP contribution in [0.15, 0.2) is 23.5 Å². The standard InChI is InChI=1S/C24H34N2O3/c27-22-15-17-26(21-12-4-2-10-19(21)22)24(29)14-6-5-13-23(28)25-16-7-9-18-8-1-3-11-20(18)25/h11-12,18-19H,1-10,13-17H2. The maximum Gasteiger partial charge on any atom is 0.226 e. The molecule has 2 atom stereocenters. The highest BCUT2D eigenvalue weighted by atomic mass is 16.2. The van der Waals surface area contributed by atoms with Crippen LogP contribution in [-0.2, 0) is 14.4 Å². The fraction of sp³-hybridized carbons (Fsp3) is 0.708. The molecule has 2 unspecified atom stereocenters. The van der Waals surface area contributed by atoms with Crippen molar-refractivity contribution in [2.75, 3.05) is 13.1 Å². The average molecular weight is 399 g/mol. The van der Waals surface area contributed by atoms with Crippen LogP contribution in [0.1, 0.15) is 83.5 Å². The van der Waals surface area contributed by atoms with Crippen LogP contribution in [0.3, 0.4) is 0 Å². The van der Waals surface area contributed by atoms with E-state index < -0.39 is 0 Å². The summed E-state index contributed by atoms with van der Waals surface area (Å²) in [5.41, 5.74) is 2.23. The van der Waals surface area contributed by atoms with E-state index in [2.05, 4.69) is 12.2 Å². The van der Waals surface area contributed by atoms with Crippen molar-refractivity contribution in [2.45, 2.75) is 83.5 Å². The lowest BCUT2D eigenvalue weighted by molar-refractivity contribution is -0.135. The van der Waals surface area contributed by atoms with Crippen LogP contribution in [0.5, 0.6) is 0 Å². The van der Waals surface area contributed by atoms with Gasteiger partial charge in [-0.2, -0.15) is 0 Å². The summed E-state index contributed by atoms with van der Waals surface area (Å²) < 4.78 is 0. The zero-order valence-corrected chi connectivity index (χ0v) is 17.5. The van der Waals surface area contributed by atoms with Gasteiger partial charge >= 0.3 is 0 Å². The number of hydrogen-bond acceptors (Lipinski definition) is 3. The third-order valence-corrected chi connectivity index (χ3v) is 7.10. The van der Waals surface area contributed by atoms with E-state index >= 15 is 0 Å². The van der Waals surface area contributed by atoms with Gasteiger partial charge in [-0.05, 0) is 70.1 Å². The molecule has 5 nitrogen and oxygen atoms in total. The molecule has 2 aliphatic carbocycles. The Morgan fingerprint density at radius 1 is 0.828 bits per heavy atom. The molecule has 0 bridgehead atoms. The summed E-state index contributed by atoms with van der Waals surface area (Å²) in [6, 6.07) is 0. The Labute approximate surface area is 174 Å². The molecule has 0 radical (unpaired) electrons. The molecule has 29 heavy (non-hydrogen) atoms. The van der Waals surface area contributed by atoms with Gasteiger partial charge in [0.2, 0.25) is 11.8 Å². The van der Waals surface area contributed by atoms with Crippen molar-refractivity contribution in [1.29, 1.82) is 0 Å². The summed E-state index contributed by atoms with van der Waals surface area (Å²) in [6.07, 6.45) is 16.1. The van der Waals surface area contributed by atoms with E-state index in [0.29, 0.717) is 37.5 Å². The Bertz CT molecular complexity index is 724. The van der Waals surface area contributed by atoms with Crippen molar-refractivity contribution >= 4 is 17.6 Å². The Kier molecular flexibility index (Phi) is 6.51. The van der Waals surface area contributed by atoms with Gasteiger partial charge in [-0.3, -0.25) is 14.4 Å². The molecule has 2 heterocycles. The highest BCUT2D eigenvalue weighted by Crippen LogP contribution is 2.36. The molecule has 0 N–H and O–H groups in total. The molecule has 4 aliphatic rings. The zero-order chi connectivity index (χ0) is 20.2. The van der Waals surface area contributed by atoms with Crippen LogP contribution in [0.4, 0.5) is 0 Å². The number of carbonyl (C=O) groups excluding carboxylic acids is 3. The molecule has 0 aromatic rings. The third kappa shape index (κ3) is 4.49. The predicted octanol–water partition coefficient (Wildman–Crippen LogP) is 4.34. The smallest absolute Gasteiger partial charge is 0.226 e. The van der Waals surface area contributed by atoms with Crippen molar-refractivity contribution in [3.63, 3.8) is 0 Å². The first-order valence-electron chi connectivity index (χ1n) is 11.7. The van der Waals surface area contributed by atoms with Gasteiger partial charge in [0.05, 0.1) is 5.92 Å². The first-order chi connectivity index (χ1) is 14.1. The van der Waals surface area contributed by atoms with Crippen molar-refractivity contribution in [3.05, 3.63) is 23.5 Å². The SMILES string of the molecule is O=C1CCN(C(=O)CCCCC(=O)N2CCCC3CCCC=C32)C2=CCCCC12. The molecular weight excluding hydrogens is 364 g/mol. The fourth-order valence-electron chi connectivity index (χ4n) is 5.55. The average Bonchev–Trinajstić information content (AvgIpc) is 2.76. The highest BCUT2D eigenvalue weighted by molar-refractivity contribution is 5.89. The van der Waals surface area contributed by atoms with Gasteiger partial charge in [0, 0.05) is 43.7 Å². The number of likely N-dealkylation sites (tertiary alicyclic amines) is 2. The Balaban J connectivity index is 1.24. The van der Waals surface area contributed by atoms with Gasteiger partial charge in [0.25, 0.3) is 0 Å². The van der Waals surface area contributed by atoms with Crippen LogP contribution in [0.2, 0.25) is 0 Å². The van der Waals surface area contributed by atoms with Crippen molar-refractivity contribution < 1.29 is 14.4 Å². The van der Waals surface area contributed by atoms with Gasteiger partial charge < -0.3 is 9.80 Å². The van der Waals surface area contributed by atoms with Gasteiger partial charge in [0.15, 0.2) is 0 Å². The number of hydrogen-bond donors (Lipinski definition) is 0. The monoisotopic (exact) mass is 398 g/mol. The predicted molar refractivity (Wildman–Crippen MR) is 112 cm³/mol. The van der Waals surface area contributed by atoms with Gasteiger partial charge in [-0.1, -0.05) is 12.2 Å². The Morgan fingerprint density at radius 3 is 2.21 bits per heavy atom. The first-order valence-corrected chi connectivity index (χ1v) is 11.7. The third-order valence-electron chi connectivity index (χ3n) is 7.10. The number of piperidine rings is 2. The van der Waals surface area contributed by atoms with Crippen molar-refractivity contribution in [2.24, 2.45) is 11.8 Å². The number of allylic oxidation sites excluding steroid dienone is 4. The molecule has 2 saturated heterocycles. The molecule has 158 valence electrons. The second-order valence-corrected chi connectivity index (χ2v) is 9.03. The lowest BCUT2D eigenvalue weighted by Crippen LogP contribution is -2.43. The number of amides is 2. The summed E-state index contributed by atoms with van der Waals surface area (Å²) in [7, 11) is 0. The van der Waals surface area contributed by atoms with E-state index in [-0.39, 0.29) is 17.7 Å². The molecule has 4 rings (SSSR count). The number of Topliss-reactive ketones (excluding diaryl/α,β-unsaturated/α-hetero) is 1. The van der Waals surface area contributed by atoms with Crippen LogP contribution in [0, 0.1) is 11.8 Å².